The van der Waals surface area contributed by atoms with Gasteiger partial charge in [0.1, 0.15) is 5.52 Å². The molecule has 3 aromatic carbocycles. The normalized spacial score (nSPS) is 11.5. The largest absolute Gasteiger partial charge is 0.504 e. The first-order valence-corrected chi connectivity index (χ1v) is 8.57. The van der Waals surface area contributed by atoms with Gasteiger partial charge in [0.2, 0.25) is 5.89 Å². The van der Waals surface area contributed by atoms with Crippen LogP contribution < -0.4 is 0 Å². The highest BCUT2D eigenvalue weighted by molar-refractivity contribution is 9.10. The lowest BCUT2D eigenvalue weighted by Crippen LogP contribution is -1.85. The zero-order chi connectivity index (χ0) is 18.1. The van der Waals surface area contributed by atoms with Crippen LogP contribution in [0.25, 0.3) is 22.6 Å². The summed E-state index contributed by atoms with van der Waals surface area (Å²) in [6, 6.07) is 17.3. The minimum Gasteiger partial charge on any atom is -0.504 e. The minimum atomic E-state index is -0.681. The van der Waals surface area contributed by atoms with Gasteiger partial charge in [-0.2, -0.15) is 0 Å². The Labute approximate surface area is 156 Å². The lowest BCUT2D eigenvalue weighted by atomic mass is 10.2. The highest BCUT2D eigenvalue weighted by Gasteiger charge is 2.09. The number of aromatic hydroxyl groups is 1. The van der Waals surface area contributed by atoms with Crippen molar-refractivity contribution in [2.45, 2.75) is 0 Å². The topological polar surface area (TPSA) is 58.6 Å². The van der Waals surface area contributed by atoms with E-state index in [2.05, 4.69) is 25.9 Å². The van der Waals surface area contributed by atoms with Gasteiger partial charge >= 0.3 is 0 Å². The fourth-order valence-electron chi connectivity index (χ4n) is 2.49. The molecule has 128 valence electrons. The molecule has 0 saturated carbocycles. The Bertz CT molecular complexity index is 1120. The third-order valence-electron chi connectivity index (χ3n) is 3.83. The van der Waals surface area contributed by atoms with Gasteiger partial charge in [0.15, 0.2) is 17.1 Å². The number of oxazole rings is 1. The third-order valence-corrected chi connectivity index (χ3v) is 4.36. The number of aliphatic imine (C=N–C) groups is 1. The van der Waals surface area contributed by atoms with Gasteiger partial charge in [-0.15, -0.1) is 0 Å². The molecule has 1 heterocycles. The van der Waals surface area contributed by atoms with E-state index in [4.69, 9.17) is 4.42 Å². The summed E-state index contributed by atoms with van der Waals surface area (Å²) < 4.78 is 20.1. The van der Waals surface area contributed by atoms with Gasteiger partial charge in [-0.1, -0.05) is 22.0 Å². The maximum atomic E-state index is 13.4. The molecule has 0 aliphatic rings. The van der Waals surface area contributed by atoms with Crippen molar-refractivity contribution in [3.8, 4) is 17.2 Å². The maximum absolute atomic E-state index is 13.4. The summed E-state index contributed by atoms with van der Waals surface area (Å²) in [6.07, 6.45) is 1.41. The predicted molar refractivity (Wildman–Crippen MR) is 102 cm³/mol. The quantitative estimate of drug-likeness (QED) is 0.430. The highest BCUT2D eigenvalue weighted by Crippen LogP contribution is 2.28. The van der Waals surface area contributed by atoms with Crippen LogP contribution in [0.15, 0.2) is 74.5 Å². The second kappa shape index (κ2) is 6.72. The molecule has 4 aromatic rings. The van der Waals surface area contributed by atoms with Crippen molar-refractivity contribution in [1.82, 2.24) is 4.98 Å². The molecule has 0 bridgehead atoms. The molecule has 26 heavy (non-hydrogen) atoms. The Hall–Kier alpha value is -2.99. The van der Waals surface area contributed by atoms with Crippen LogP contribution in [0.5, 0.6) is 5.75 Å². The molecular weight excluding hydrogens is 399 g/mol. The summed E-state index contributed by atoms with van der Waals surface area (Å²) >= 11 is 3.40. The van der Waals surface area contributed by atoms with Crippen LogP contribution in [0.1, 0.15) is 5.56 Å². The van der Waals surface area contributed by atoms with E-state index in [-0.39, 0.29) is 0 Å². The molecule has 0 fully saturated rings. The number of nitrogens with zero attached hydrogens (tertiary/aromatic N) is 2. The number of aromatic nitrogens is 1. The first-order valence-electron chi connectivity index (χ1n) is 7.78. The second-order valence-electron chi connectivity index (χ2n) is 5.61. The van der Waals surface area contributed by atoms with Crippen molar-refractivity contribution in [3.05, 3.63) is 76.5 Å². The SMILES string of the molecule is Oc1c(F)cccc1C=Nc1ccc2oc(-c3ccc(Br)cc3)nc2c1. The Kier molecular flexibility index (Phi) is 4.26. The fraction of sp³-hybridized carbons (Fsp3) is 0. The molecule has 6 heteroatoms. The van der Waals surface area contributed by atoms with Crippen molar-refractivity contribution >= 4 is 38.9 Å². The smallest absolute Gasteiger partial charge is 0.227 e. The predicted octanol–water partition coefficient (Wildman–Crippen LogP) is 5.85. The summed E-state index contributed by atoms with van der Waals surface area (Å²) in [5.74, 6) is -0.576. The average molecular weight is 411 g/mol. The van der Waals surface area contributed by atoms with E-state index in [1.54, 1.807) is 24.3 Å². The number of halogens is 2. The molecule has 0 aliphatic carbocycles. The first kappa shape index (κ1) is 16.5. The van der Waals surface area contributed by atoms with E-state index >= 15 is 0 Å². The van der Waals surface area contributed by atoms with Gasteiger partial charge in [-0.25, -0.2) is 9.37 Å². The van der Waals surface area contributed by atoms with E-state index < -0.39 is 11.6 Å². The molecule has 0 spiro atoms. The number of rotatable bonds is 3. The van der Waals surface area contributed by atoms with Crippen molar-refractivity contribution in [2.75, 3.05) is 0 Å². The standard InChI is InChI=1S/C20H12BrFN2O2/c21-14-6-4-12(5-7-14)20-24-17-10-15(8-9-18(17)26-20)23-11-13-2-1-3-16(22)19(13)25/h1-11,25H. The van der Waals surface area contributed by atoms with Gasteiger partial charge in [-0.3, -0.25) is 4.99 Å². The van der Waals surface area contributed by atoms with E-state index in [0.29, 0.717) is 28.2 Å². The third kappa shape index (κ3) is 3.23. The van der Waals surface area contributed by atoms with Crippen LogP contribution in [-0.2, 0) is 0 Å². The van der Waals surface area contributed by atoms with E-state index in [1.807, 2.05) is 24.3 Å². The molecule has 0 radical (unpaired) electrons. The Morgan fingerprint density at radius 2 is 1.88 bits per heavy atom. The van der Waals surface area contributed by atoms with Crippen molar-refractivity contribution in [2.24, 2.45) is 4.99 Å². The monoisotopic (exact) mass is 410 g/mol. The van der Waals surface area contributed by atoms with Crippen LogP contribution in [0.4, 0.5) is 10.1 Å². The van der Waals surface area contributed by atoms with Gasteiger partial charge in [0, 0.05) is 21.8 Å². The van der Waals surface area contributed by atoms with Crippen molar-refractivity contribution < 1.29 is 13.9 Å². The number of phenols is 1. The molecule has 0 aliphatic heterocycles. The van der Waals surface area contributed by atoms with Crippen molar-refractivity contribution in [1.29, 1.82) is 0 Å². The molecule has 0 atom stereocenters. The van der Waals surface area contributed by atoms with Gasteiger partial charge in [0.25, 0.3) is 0 Å². The summed E-state index contributed by atoms with van der Waals surface area (Å²) in [5.41, 5.74) is 3.12. The van der Waals surface area contributed by atoms with Gasteiger partial charge < -0.3 is 9.52 Å². The number of hydrogen-bond acceptors (Lipinski definition) is 4. The van der Waals surface area contributed by atoms with Crippen molar-refractivity contribution in [3.63, 3.8) is 0 Å². The summed E-state index contributed by atoms with van der Waals surface area (Å²) in [4.78, 5) is 8.78. The van der Waals surface area contributed by atoms with Crippen LogP contribution in [-0.4, -0.2) is 16.3 Å². The molecule has 1 N–H and O–H groups in total. The lowest BCUT2D eigenvalue weighted by molar-refractivity contribution is 0.431. The first-order chi connectivity index (χ1) is 12.6. The highest BCUT2D eigenvalue weighted by atomic mass is 79.9. The molecular formula is C20H12BrFN2O2. The van der Waals surface area contributed by atoms with Crippen LogP contribution >= 0.6 is 15.9 Å². The van der Waals surface area contributed by atoms with Gasteiger partial charge in [-0.05, 0) is 54.6 Å². The lowest BCUT2D eigenvalue weighted by Gasteiger charge is -1.99. The van der Waals surface area contributed by atoms with E-state index in [1.165, 1.54) is 18.3 Å². The van der Waals surface area contributed by atoms with Crippen LogP contribution in [0, 0.1) is 5.82 Å². The number of phenolic OH excluding ortho intramolecular Hbond substituents is 1. The Balaban J connectivity index is 1.66. The Morgan fingerprint density at radius 1 is 1.08 bits per heavy atom. The van der Waals surface area contributed by atoms with Crippen LogP contribution in [0.2, 0.25) is 0 Å². The molecule has 0 unspecified atom stereocenters. The molecule has 4 rings (SSSR count). The molecule has 1 aromatic heterocycles. The maximum Gasteiger partial charge on any atom is 0.227 e. The summed E-state index contributed by atoms with van der Waals surface area (Å²) in [7, 11) is 0. The Morgan fingerprint density at radius 3 is 2.69 bits per heavy atom. The number of fused-ring (bicyclic) bond motifs is 1. The summed E-state index contributed by atoms with van der Waals surface area (Å²) in [5, 5.41) is 9.70. The molecule has 4 nitrogen and oxygen atoms in total. The number of hydrogen-bond donors (Lipinski definition) is 1. The second-order valence-corrected chi connectivity index (χ2v) is 6.53. The van der Waals surface area contributed by atoms with E-state index in [9.17, 15) is 9.50 Å². The zero-order valence-corrected chi connectivity index (χ0v) is 14.9. The summed E-state index contributed by atoms with van der Waals surface area (Å²) in [6.45, 7) is 0. The fourth-order valence-corrected chi connectivity index (χ4v) is 2.76. The van der Waals surface area contributed by atoms with Crippen LogP contribution in [0.3, 0.4) is 0 Å². The number of benzene rings is 3. The van der Waals surface area contributed by atoms with E-state index in [0.717, 1.165) is 10.0 Å². The van der Waals surface area contributed by atoms with Gasteiger partial charge in [0.05, 0.1) is 5.69 Å². The average Bonchev–Trinajstić information content (AvgIpc) is 3.07. The number of para-hydroxylation sites is 1. The minimum absolute atomic E-state index is 0.306. The zero-order valence-electron chi connectivity index (χ0n) is 13.4. The molecule has 0 amide bonds. The molecule has 0 saturated heterocycles.